The van der Waals surface area contributed by atoms with Crippen molar-refractivity contribution in [2.75, 3.05) is 7.11 Å². The minimum absolute atomic E-state index is 0.00494. The van der Waals surface area contributed by atoms with Crippen LogP contribution in [-0.4, -0.2) is 27.7 Å². The zero-order valence-corrected chi connectivity index (χ0v) is 13.2. The van der Waals surface area contributed by atoms with Crippen LogP contribution in [0.4, 0.5) is 4.39 Å². The van der Waals surface area contributed by atoms with Gasteiger partial charge in [0.25, 0.3) is 0 Å². The highest BCUT2D eigenvalue weighted by atomic mass is 32.2. The molecule has 1 aliphatic rings. The fourth-order valence-corrected chi connectivity index (χ4v) is 4.09. The molecular formula is C14H21FN2O3S. The first kappa shape index (κ1) is 16.4. The Morgan fingerprint density at radius 3 is 2.62 bits per heavy atom. The smallest absolute Gasteiger partial charge is 0.243 e. The molecule has 1 aliphatic carbocycles. The van der Waals surface area contributed by atoms with Gasteiger partial charge in [-0.15, -0.1) is 0 Å². The highest BCUT2D eigenvalue weighted by Crippen LogP contribution is 2.43. The molecule has 0 spiro atoms. The number of halogens is 1. The van der Waals surface area contributed by atoms with E-state index in [0.717, 1.165) is 6.07 Å². The molecule has 0 heterocycles. The SMILES string of the molecule is COC1CC(NS(=O)(=O)c2ccc(CN)cc2F)C1(C)C. The molecule has 21 heavy (non-hydrogen) atoms. The number of hydrogen-bond donors (Lipinski definition) is 2. The molecule has 0 bridgehead atoms. The van der Waals surface area contributed by atoms with Crippen molar-refractivity contribution in [3.63, 3.8) is 0 Å². The molecule has 1 aromatic rings. The van der Waals surface area contributed by atoms with Crippen LogP contribution >= 0.6 is 0 Å². The number of methoxy groups -OCH3 is 1. The van der Waals surface area contributed by atoms with Crippen LogP contribution in [0, 0.1) is 11.2 Å². The summed E-state index contributed by atoms with van der Waals surface area (Å²) in [4.78, 5) is -0.351. The van der Waals surface area contributed by atoms with Gasteiger partial charge in [-0.2, -0.15) is 0 Å². The van der Waals surface area contributed by atoms with Gasteiger partial charge < -0.3 is 10.5 Å². The van der Waals surface area contributed by atoms with Crippen molar-refractivity contribution in [3.05, 3.63) is 29.6 Å². The van der Waals surface area contributed by atoms with E-state index in [1.807, 2.05) is 13.8 Å². The molecule has 118 valence electrons. The average molecular weight is 316 g/mol. The van der Waals surface area contributed by atoms with Crippen LogP contribution in [0.15, 0.2) is 23.1 Å². The van der Waals surface area contributed by atoms with Gasteiger partial charge in [-0.05, 0) is 24.1 Å². The molecule has 3 N–H and O–H groups in total. The summed E-state index contributed by atoms with van der Waals surface area (Å²) in [7, 11) is -2.30. The van der Waals surface area contributed by atoms with Crippen LogP contribution in [0.25, 0.3) is 0 Å². The van der Waals surface area contributed by atoms with Crippen molar-refractivity contribution in [1.29, 1.82) is 0 Å². The average Bonchev–Trinajstić information content (AvgIpc) is 2.42. The highest BCUT2D eigenvalue weighted by molar-refractivity contribution is 7.89. The molecule has 2 rings (SSSR count). The van der Waals surface area contributed by atoms with Gasteiger partial charge in [0.15, 0.2) is 0 Å². The summed E-state index contributed by atoms with van der Waals surface area (Å²) in [6, 6.07) is 3.64. The van der Waals surface area contributed by atoms with E-state index in [9.17, 15) is 12.8 Å². The van der Waals surface area contributed by atoms with Gasteiger partial charge in [-0.1, -0.05) is 19.9 Å². The summed E-state index contributed by atoms with van der Waals surface area (Å²) in [5, 5.41) is 0. The third-order valence-electron chi connectivity index (χ3n) is 4.28. The Balaban J connectivity index is 2.20. The Morgan fingerprint density at radius 2 is 2.14 bits per heavy atom. The maximum atomic E-state index is 13.9. The summed E-state index contributed by atoms with van der Waals surface area (Å²) in [6.07, 6.45) is 0.570. The second-order valence-corrected chi connectivity index (χ2v) is 7.61. The summed E-state index contributed by atoms with van der Waals surface area (Å²) in [6.45, 7) is 4.01. The van der Waals surface area contributed by atoms with E-state index in [1.54, 1.807) is 7.11 Å². The van der Waals surface area contributed by atoms with Gasteiger partial charge in [-0.3, -0.25) is 0 Å². The molecule has 0 aromatic heterocycles. The summed E-state index contributed by atoms with van der Waals surface area (Å²) in [5.41, 5.74) is 5.64. The normalized spacial score (nSPS) is 24.6. The zero-order chi connectivity index (χ0) is 15.8. The van der Waals surface area contributed by atoms with Gasteiger partial charge in [0.05, 0.1) is 6.10 Å². The molecule has 1 saturated carbocycles. The molecule has 1 aromatic carbocycles. The van der Waals surface area contributed by atoms with Crippen molar-refractivity contribution >= 4 is 10.0 Å². The zero-order valence-electron chi connectivity index (χ0n) is 12.4. The van der Waals surface area contributed by atoms with Crippen molar-refractivity contribution in [2.24, 2.45) is 11.1 Å². The third kappa shape index (κ3) is 2.96. The summed E-state index contributed by atoms with van der Waals surface area (Å²) < 4.78 is 46.4. The Kier molecular flexibility index (Phi) is 4.39. The monoisotopic (exact) mass is 316 g/mol. The predicted molar refractivity (Wildman–Crippen MR) is 77.6 cm³/mol. The first-order valence-electron chi connectivity index (χ1n) is 6.76. The highest BCUT2D eigenvalue weighted by Gasteiger charge is 2.50. The fraction of sp³-hybridized carbons (Fsp3) is 0.571. The Labute approximate surface area is 124 Å². The standard InChI is InChI=1S/C14H21FN2O3S/c1-14(2)12(7-13(14)20-3)17-21(18,19)11-5-4-9(8-16)6-10(11)15/h4-6,12-13,17H,7-8,16H2,1-3H3. The minimum atomic E-state index is -3.90. The van der Waals surface area contributed by atoms with E-state index >= 15 is 0 Å². The van der Waals surface area contributed by atoms with Gasteiger partial charge in [0, 0.05) is 25.1 Å². The van der Waals surface area contributed by atoms with E-state index in [1.165, 1.54) is 12.1 Å². The molecule has 5 nitrogen and oxygen atoms in total. The summed E-state index contributed by atoms with van der Waals surface area (Å²) in [5.74, 6) is -0.786. The number of rotatable bonds is 5. The Bertz CT molecular complexity index is 631. The maximum Gasteiger partial charge on any atom is 0.243 e. The van der Waals surface area contributed by atoms with Gasteiger partial charge in [-0.25, -0.2) is 17.5 Å². The van der Waals surface area contributed by atoms with E-state index < -0.39 is 15.8 Å². The molecule has 0 saturated heterocycles. The number of nitrogens with one attached hydrogen (secondary N) is 1. The second-order valence-electron chi connectivity index (χ2n) is 5.92. The molecule has 2 unspecified atom stereocenters. The lowest BCUT2D eigenvalue weighted by molar-refractivity contribution is -0.0908. The summed E-state index contributed by atoms with van der Waals surface area (Å²) >= 11 is 0. The van der Waals surface area contributed by atoms with Crippen LogP contribution in [0.1, 0.15) is 25.8 Å². The lowest BCUT2D eigenvalue weighted by Crippen LogP contribution is -2.61. The van der Waals surface area contributed by atoms with Crippen LogP contribution < -0.4 is 10.5 Å². The fourth-order valence-electron chi connectivity index (χ4n) is 2.63. The van der Waals surface area contributed by atoms with Crippen molar-refractivity contribution in [2.45, 2.75) is 43.9 Å². The van der Waals surface area contributed by atoms with Crippen molar-refractivity contribution < 1.29 is 17.5 Å². The number of benzene rings is 1. The second kappa shape index (κ2) is 5.64. The molecular weight excluding hydrogens is 295 g/mol. The first-order valence-corrected chi connectivity index (χ1v) is 8.24. The largest absolute Gasteiger partial charge is 0.381 e. The predicted octanol–water partition coefficient (Wildman–Crippen LogP) is 1.38. The van der Waals surface area contributed by atoms with E-state index in [0.29, 0.717) is 12.0 Å². The topological polar surface area (TPSA) is 81.4 Å². The number of sulfonamides is 1. The first-order chi connectivity index (χ1) is 9.72. The van der Waals surface area contributed by atoms with Crippen molar-refractivity contribution in [1.82, 2.24) is 4.72 Å². The molecule has 0 radical (unpaired) electrons. The molecule has 7 heteroatoms. The third-order valence-corrected chi connectivity index (χ3v) is 5.79. The van der Waals surface area contributed by atoms with Crippen LogP contribution in [0.5, 0.6) is 0 Å². The molecule has 0 aliphatic heterocycles. The Hall–Kier alpha value is -1.02. The molecule has 1 fully saturated rings. The van der Waals surface area contributed by atoms with Gasteiger partial charge in [0.1, 0.15) is 10.7 Å². The van der Waals surface area contributed by atoms with Gasteiger partial charge >= 0.3 is 0 Å². The lowest BCUT2D eigenvalue weighted by Gasteiger charge is -2.50. The molecule has 0 amide bonds. The van der Waals surface area contributed by atoms with E-state index in [2.05, 4.69) is 4.72 Å². The minimum Gasteiger partial charge on any atom is -0.381 e. The van der Waals surface area contributed by atoms with Crippen LogP contribution in [0.2, 0.25) is 0 Å². The van der Waals surface area contributed by atoms with E-state index in [4.69, 9.17) is 10.5 Å². The maximum absolute atomic E-state index is 13.9. The van der Waals surface area contributed by atoms with Gasteiger partial charge in [0.2, 0.25) is 10.0 Å². The van der Waals surface area contributed by atoms with Crippen molar-refractivity contribution in [3.8, 4) is 0 Å². The molecule has 2 atom stereocenters. The van der Waals surface area contributed by atoms with E-state index in [-0.39, 0.29) is 29.0 Å². The number of hydrogen-bond acceptors (Lipinski definition) is 4. The lowest BCUT2D eigenvalue weighted by atomic mass is 9.65. The quantitative estimate of drug-likeness (QED) is 0.860. The number of nitrogens with two attached hydrogens (primary N) is 1. The van der Waals surface area contributed by atoms with Crippen LogP contribution in [-0.2, 0) is 21.3 Å². The number of ether oxygens (including phenoxy) is 1. The Morgan fingerprint density at radius 1 is 1.48 bits per heavy atom. The van der Waals surface area contributed by atoms with Crippen LogP contribution in [0.3, 0.4) is 0 Å².